The van der Waals surface area contributed by atoms with Gasteiger partial charge in [-0.15, -0.1) is 0 Å². The first kappa shape index (κ1) is 14.5. The number of β-amino-alcohol motifs (C(OH)–C–C–N with tert-alkyl or cyclic N) is 1. The summed E-state index contributed by atoms with van der Waals surface area (Å²) in [5.74, 6) is 0. The molecule has 0 spiro atoms. The van der Waals surface area contributed by atoms with Gasteiger partial charge in [0.1, 0.15) is 0 Å². The van der Waals surface area contributed by atoms with Gasteiger partial charge < -0.3 is 5.11 Å². The molecule has 1 aromatic carbocycles. The minimum absolute atomic E-state index is 0.196. The zero-order chi connectivity index (χ0) is 13.9. The summed E-state index contributed by atoms with van der Waals surface area (Å²) in [4.78, 5) is 0. The predicted octanol–water partition coefficient (Wildman–Crippen LogP) is 0.820. The van der Waals surface area contributed by atoms with E-state index in [-0.39, 0.29) is 6.54 Å². The molecule has 106 valence electrons. The van der Waals surface area contributed by atoms with Crippen LogP contribution < -0.4 is 0 Å². The van der Waals surface area contributed by atoms with Crippen molar-refractivity contribution in [3.63, 3.8) is 0 Å². The number of rotatable bonds is 4. The fraction of sp³-hybridized carbons (Fsp3) is 0.538. The van der Waals surface area contributed by atoms with Crippen LogP contribution in [0.15, 0.2) is 30.3 Å². The second-order valence-corrected chi connectivity index (χ2v) is 6.94. The highest BCUT2D eigenvalue weighted by Crippen LogP contribution is 2.17. The third kappa shape index (κ3) is 3.54. The zero-order valence-electron chi connectivity index (χ0n) is 11.1. The molecule has 1 heterocycles. The number of hydrogen-bond acceptors (Lipinski definition) is 3. The smallest absolute Gasteiger partial charge is 0.282 e. The standard InChI is InChI=1S/C13H20N2O3S/c1-14(10-12-6-3-2-4-7-12)19(17,18)15-9-5-8-13(16)11-15/h2-4,6-7,13,16H,5,8-11H2,1H3/t13-/m0/s1. The van der Waals surface area contributed by atoms with Gasteiger partial charge in [0.25, 0.3) is 10.2 Å². The van der Waals surface area contributed by atoms with E-state index in [2.05, 4.69) is 0 Å². The number of piperidine rings is 1. The Morgan fingerprint density at radius 2 is 2.05 bits per heavy atom. The molecule has 19 heavy (non-hydrogen) atoms. The third-order valence-corrected chi connectivity index (χ3v) is 5.23. The van der Waals surface area contributed by atoms with Gasteiger partial charge in [0.2, 0.25) is 0 Å². The lowest BCUT2D eigenvalue weighted by Gasteiger charge is -2.32. The van der Waals surface area contributed by atoms with Crippen molar-refractivity contribution in [3.8, 4) is 0 Å². The van der Waals surface area contributed by atoms with Crippen LogP contribution in [0.5, 0.6) is 0 Å². The summed E-state index contributed by atoms with van der Waals surface area (Å²) in [6.07, 6.45) is 0.835. The van der Waals surface area contributed by atoms with Gasteiger partial charge in [-0.05, 0) is 18.4 Å². The molecular weight excluding hydrogens is 264 g/mol. The first-order valence-corrected chi connectivity index (χ1v) is 7.83. The number of hydrogen-bond donors (Lipinski definition) is 1. The van der Waals surface area contributed by atoms with Crippen LogP contribution >= 0.6 is 0 Å². The highest BCUT2D eigenvalue weighted by Gasteiger charge is 2.31. The number of aliphatic hydroxyl groups excluding tert-OH is 1. The van der Waals surface area contributed by atoms with Crippen molar-refractivity contribution >= 4 is 10.2 Å². The Morgan fingerprint density at radius 1 is 1.37 bits per heavy atom. The van der Waals surface area contributed by atoms with E-state index in [1.54, 1.807) is 7.05 Å². The van der Waals surface area contributed by atoms with Crippen LogP contribution in [0.25, 0.3) is 0 Å². The highest BCUT2D eigenvalue weighted by molar-refractivity contribution is 7.86. The first-order valence-electron chi connectivity index (χ1n) is 6.43. The number of benzene rings is 1. The minimum Gasteiger partial charge on any atom is -0.392 e. The molecule has 1 aromatic rings. The molecule has 5 nitrogen and oxygen atoms in total. The van der Waals surface area contributed by atoms with Gasteiger partial charge in [0.15, 0.2) is 0 Å². The maximum absolute atomic E-state index is 12.4. The quantitative estimate of drug-likeness (QED) is 0.890. The fourth-order valence-corrected chi connectivity index (χ4v) is 3.68. The normalized spacial score (nSPS) is 21.7. The van der Waals surface area contributed by atoms with Gasteiger partial charge in [-0.3, -0.25) is 0 Å². The highest BCUT2D eigenvalue weighted by atomic mass is 32.2. The van der Waals surface area contributed by atoms with Gasteiger partial charge in [-0.2, -0.15) is 17.0 Å². The van der Waals surface area contributed by atoms with Crippen LogP contribution in [-0.4, -0.2) is 48.4 Å². The minimum atomic E-state index is -3.49. The first-order chi connectivity index (χ1) is 9.00. The van der Waals surface area contributed by atoms with Gasteiger partial charge in [-0.1, -0.05) is 30.3 Å². The molecule has 2 rings (SSSR count). The summed E-state index contributed by atoms with van der Waals surface area (Å²) < 4.78 is 27.5. The van der Waals surface area contributed by atoms with E-state index in [0.29, 0.717) is 25.9 Å². The molecule has 1 atom stereocenters. The van der Waals surface area contributed by atoms with Gasteiger partial charge in [-0.25, -0.2) is 0 Å². The van der Waals surface area contributed by atoms with Crippen LogP contribution in [0, 0.1) is 0 Å². The molecule has 0 bridgehead atoms. The summed E-state index contributed by atoms with van der Waals surface area (Å²) in [7, 11) is -1.91. The Hall–Kier alpha value is -0.950. The molecule has 0 radical (unpaired) electrons. The zero-order valence-corrected chi connectivity index (χ0v) is 11.9. The van der Waals surface area contributed by atoms with Crippen LogP contribution in [0.2, 0.25) is 0 Å². The molecule has 1 fully saturated rings. The van der Waals surface area contributed by atoms with Gasteiger partial charge in [0.05, 0.1) is 6.10 Å². The molecule has 1 N–H and O–H groups in total. The molecule has 1 aliphatic heterocycles. The molecule has 0 amide bonds. The van der Waals surface area contributed by atoms with Crippen molar-refractivity contribution in [2.45, 2.75) is 25.5 Å². The topological polar surface area (TPSA) is 60.9 Å². The van der Waals surface area contributed by atoms with Crippen molar-refractivity contribution in [1.82, 2.24) is 8.61 Å². The maximum atomic E-state index is 12.4. The largest absolute Gasteiger partial charge is 0.392 e. The van der Waals surface area contributed by atoms with E-state index >= 15 is 0 Å². The average molecular weight is 284 g/mol. The lowest BCUT2D eigenvalue weighted by molar-refractivity contribution is 0.105. The van der Waals surface area contributed by atoms with Crippen molar-refractivity contribution in [2.75, 3.05) is 20.1 Å². The second-order valence-electron chi connectivity index (χ2n) is 4.90. The van der Waals surface area contributed by atoms with E-state index in [9.17, 15) is 13.5 Å². The van der Waals surface area contributed by atoms with Crippen molar-refractivity contribution in [3.05, 3.63) is 35.9 Å². The molecular formula is C13H20N2O3S. The van der Waals surface area contributed by atoms with Crippen molar-refractivity contribution < 1.29 is 13.5 Å². The molecule has 0 aromatic heterocycles. The lowest BCUT2D eigenvalue weighted by atomic mass is 10.1. The summed E-state index contributed by atoms with van der Waals surface area (Å²) in [5.41, 5.74) is 0.950. The van der Waals surface area contributed by atoms with E-state index in [1.165, 1.54) is 8.61 Å². The number of aliphatic hydroxyl groups is 1. The fourth-order valence-electron chi connectivity index (χ4n) is 2.25. The van der Waals surface area contributed by atoms with E-state index in [1.807, 2.05) is 30.3 Å². The van der Waals surface area contributed by atoms with E-state index in [4.69, 9.17) is 0 Å². The molecule has 0 unspecified atom stereocenters. The summed E-state index contributed by atoms with van der Waals surface area (Å²) >= 11 is 0. The van der Waals surface area contributed by atoms with Gasteiger partial charge >= 0.3 is 0 Å². The summed E-state index contributed by atoms with van der Waals surface area (Å²) in [5, 5.41) is 9.59. The van der Waals surface area contributed by atoms with E-state index in [0.717, 1.165) is 5.56 Å². The second kappa shape index (κ2) is 6.00. The average Bonchev–Trinajstić information content (AvgIpc) is 2.40. The molecule has 0 aliphatic carbocycles. The summed E-state index contributed by atoms with van der Waals surface area (Å²) in [6, 6.07) is 9.48. The van der Waals surface area contributed by atoms with Crippen LogP contribution in [0.4, 0.5) is 0 Å². The van der Waals surface area contributed by atoms with Crippen molar-refractivity contribution in [2.24, 2.45) is 0 Å². The monoisotopic (exact) mass is 284 g/mol. The van der Waals surface area contributed by atoms with Gasteiger partial charge in [0, 0.05) is 26.7 Å². The third-order valence-electron chi connectivity index (χ3n) is 3.33. The lowest BCUT2D eigenvalue weighted by Crippen LogP contribution is -2.47. The Bertz CT molecular complexity index is 504. The van der Waals surface area contributed by atoms with Crippen LogP contribution in [0.3, 0.4) is 0 Å². The van der Waals surface area contributed by atoms with Crippen molar-refractivity contribution in [1.29, 1.82) is 0 Å². The molecule has 1 saturated heterocycles. The number of nitrogens with zero attached hydrogens (tertiary/aromatic N) is 2. The Morgan fingerprint density at radius 3 is 2.68 bits per heavy atom. The van der Waals surface area contributed by atoms with Crippen LogP contribution in [-0.2, 0) is 16.8 Å². The Balaban J connectivity index is 2.06. The molecule has 1 aliphatic rings. The Labute approximate surface area is 114 Å². The van der Waals surface area contributed by atoms with E-state index < -0.39 is 16.3 Å². The Kier molecular flexibility index (Phi) is 4.57. The summed E-state index contributed by atoms with van der Waals surface area (Å²) in [6.45, 7) is 1.02. The molecule has 0 saturated carbocycles. The SMILES string of the molecule is CN(Cc1ccccc1)S(=O)(=O)N1CCC[C@H](O)C1. The molecule has 6 heteroatoms. The van der Waals surface area contributed by atoms with Crippen LogP contribution in [0.1, 0.15) is 18.4 Å². The maximum Gasteiger partial charge on any atom is 0.282 e. The predicted molar refractivity (Wildman–Crippen MR) is 73.6 cm³/mol.